The molecule has 0 radical (unpaired) electrons. The van der Waals surface area contributed by atoms with Crippen LogP contribution in [0.4, 0.5) is 5.82 Å². The lowest BCUT2D eigenvalue weighted by Crippen LogP contribution is -2.41. The molecule has 6 nitrogen and oxygen atoms in total. The average molecular weight is 409 g/mol. The standard InChI is InChI=1S/C22H24N4O2S/c27-22(17-4-3-9-23-20(17)25-12-14-28-15-13-25)26-10-7-16(8-11-26)21-24-18-5-1-2-6-19(18)29-21/h1-6,9,16H,7-8,10-15H2. The zero-order valence-corrected chi connectivity index (χ0v) is 17.1. The molecule has 0 unspecified atom stereocenters. The summed E-state index contributed by atoms with van der Waals surface area (Å²) in [7, 11) is 0. The van der Waals surface area contributed by atoms with E-state index in [0.29, 0.717) is 24.7 Å². The van der Waals surface area contributed by atoms with Crippen LogP contribution in [0, 0.1) is 0 Å². The Kier molecular flexibility index (Phi) is 5.16. The number of thiazole rings is 1. The molecule has 7 heteroatoms. The summed E-state index contributed by atoms with van der Waals surface area (Å²) in [6, 6.07) is 12.1. The fourth-order valence-electron chi connectivity index (χ4n) is 4.16. The number of fused-ring (bicyclic) bond motifs is 1. The maximum atomic E-state index is 13.3. The van der Waals surface area contributed by atoms with E-state index in [9.17, 15) is 4.79 Å². The molecule has 0 saturated carbocycles. The number of amides is 1. The summed E-state index contributed by atoms with van der Waals surface area (Å²) >= 11 is 1.79. The predicted molar refractivity (Wildman–Crippen MR) is 115 cm³/mol. The van der Waals surface area contributed by atoms with Gasteiger partial charge >= 0.3 is 0 Å². The zero-order valence-electron chi connectivity index (χ0n) is 16.3. The summed E-state index contributed by atoms with van der Waals surface area (Å²) in [5.74, 6) is 1.31. The molecule has 0 N–H and O–H groups in total. The number of rotatable bonds is 3. The fraction of sp³-hybridized carbons (Fsp3) is 0.409. The number of carbonyl (C=O) groups excluding carboxylic acids is 1. The van der Waals surface area contributed by atoms with Gasteiger partial charge in [-0.25, -0.2) is 9.97 Å². The van der Waals surface area contributed by atoms with Crippen molar-refractivity contribution >= 4 is 33.3 Å². The first kappa shape index (κ1) is 18.5. The van der Waals surface area contributed by atoms with Crippen molar-refractivity contribution in [2.75, 3.05) is 44.3 Å². The number of carbonyl (C=O) groups is 1. The monoisotopic (exact) mass is 408 g/mol. The summed E-state index contributed by atoms with van der Waals surface area (Å²) in [5.41, 5.74) is 1.78. The van der Waals surface area contributed by atoms with Gasteiger partial charge in [0.25, 0.3) is 5.91 Å². The van der Waals surface area contributed by atoms with Crippen LogP contribution < -0.4 is 4.90 Å². The van der Waals surface area contributed by atoms with Gasteiger partial charge in [-0.1, -0.05) is 12.1 Å². The van der Waals surface area contributed by atoms with E-state index in [1.165, 1.54) is 9.71 Å². The lowest BCUT2D eigenvalue weighted by Gasteiger charge is -2.33. The van der Waals surface area contributed by atoms with E-state index in [1.54, 1.807) is 17.5 Å². The van der Waals surface area contributed by atoms with E-state index in [1.807, 2.05) is 23.1 Å². The third kappa shape index (κ3) is 3.72. The first-order chi connectivity index (χ1) is 14.3. The minimum absolute atomic E-state index is 0.0855. The van der Waals surface area contributed by atoms with Gasteiger partial charge in [0.15, 0.2) is 0 Å². The number of likely N-dealkylation sites (tertiary alicyclic amines) is 1. The quantitative estimate of drug-likeness (QED) is 0.663. The van der Waals surface area contributed by atoms with Crippen molar-refractivity contribution in [2.45, 2.75) is 18.8 Å². The number of hydrogen-bond acceptors (Lipinski definition) is 6. The van der Waals surface area contributed by atoms with Crippen LogP contribution in [0.3, 0.4) is 0 Å². The first-order valence-electron chi connectivity index (χ1n) is 10.2. The second kappa shape index (κ2) is 8.08. The van der Waals surface area contributed by atoms with E-state index in [2.05, 4.69) is 28.1 Å². The minimum Gasteiger partial charge on any atom is -0.378 e. The van der Waals surface area contributed by atoms with Crippen LogP contribution in [0.5, 0.6) is 0 Å². The van der Waals surface area contributed by atoms with Gasteiger partial charge in [0, 0.05) is 38.3 Å². The summed E-state index contributed by atoms with van der Waals surface area (Å²) in [6.07, 6.45) is 3.68. The lowest BCUT2D eigenvalue weighted by molar-refractivity contribution is 0.0712. The number of nitrogens with zero attached hydrogens (tertiary/aromatic N) is 4. The number of benzene rings is 1. The largest absolute Gasteiger partial charge is 0.378 e. The molecule has 0 aliphatic carbocycles. The molecule has 29 heavy (non-hydrogen) atoms. The molecule has 0 atom stereocenters. The average Bonchev–Trinajstić information content (AvgIpc) is 3.24. The van der Waals surface area contributed by atoms with Crippen LogP contribution in [0.1, 0.15) is 34.1 Å². The molecule has 0 spiro atoms. The van der Waals surface area contributed by atoms with Crippen molar-refractivity contribution in [3.63, 3.8) is 0 Å². The van der Waals surface area contributed by atoms with Crippen LogP contribution in [0.15, 0.2) is 42.6 Å². The Labute approximate surface area is 174 Å². The van der Waals surface area contributed by atoms with E-state index < -0.39 is 0 Å². The fourth-order valence-corrected chi connectivity index (χ4v) is 5.29. The topological polar surface area (TPSA) is 58.6 Å². The number of anilines is 1. The van der Waals surface area contributed by atoms with Crippen molar-refractivity contribution in [1.82, 2.24) is 14.9 Å². The van der Waals surface area contributed by atoms with Crippen molar-refractivity contribution < 1.29 is 9.53 Å². The highest BCUT2D eigenvalue weighted by Crippen LogP contribution is 2.34. The number of aromatic nitrogens is 2. The molecule has 0 bridgehead atoms. The highest BCUT2D eigenvalue weighted by Gasteiger charge is 2.29. The van der Waals surface area contributed by atoms with E-state index in [0.717, 1.165) is 50.4 Å². The first-order valence-corrected chi connectivity index (χ1v) is 11.0. The summed E-state index contributed by atoms with van der Waals surface area (Å²) in [5, 5.41) is 1.20. The molecular formula is C22H24N4O2S. The molecule has 2 fully saturated rings. The Morgan fingerprint density at radius 2 is 1.83 bits per heavy atom. The Morgan fingerprint density at radius 1 is 1.03 bits per heavy atom. The maximum Gasteiger partial charge on any atom is 0.257 e. The molecule has 2 aromatic heterocycles. The lowest BCUT2D eigenvalue weighted by atomic mass is 9.97. The minimum atomic E-state index is 0.0855. The smallest absolute Gasteiger partial charge is 0.257 e. The molecule has 150 valence electrons. The second-order valence-corrected chi connectivity index (χ2v) is 8.62. The van der Waals surface area contributed by atoms with Gasteiger partial charge in [-0.15, -0.1) is 11.3 Å². The Morgan fingerprint density at radius 3 is 2.62 bits per heavy atom. The molecule has 4 heterocycles. The summed E-state index contributed by atoms with van der Waals surface area (Å²) in [6.45, 7) is 4.43. The van der Waals surface area contributed by atoms with Crippen molar-refractivity contribution in [3.05, 3.63) is 53.2 Å². The molecule has 5 rings (SSSR count). The van der Waals surface area contributed by atoms with Gasteiger partial charge < -0.3 is 14.5 Å². The molecule has 2 saturated heterocycles. The van der Waals surface area contributed by atoms with Crippen LogP contribution in [0.25, 0.3) is 10.2 Å². The SMILES string of the molecule is O=C(c1cccnc1N1CCOCC1)N1CCC(c2nc3ccccc3s2)CC1. The normalized spacial score (nSPS) is 18.3. The number of morpholine rings is 1. The number of para-hydroxylation sites is 1. The van der Waals surface area contributed by atoms with Crippen molar-refractivity contribution in [1.29, 1.82) is 0 Å². The van der Waals surface area contributed by atoms with Crippen LogP contribution >= 0.6 is 11.3 Å². The van der Waals surface area contributed by atoms with Crippen LogP contribution in [0.2, 0.25) is 0 Å². The molecule has 1 amide bonds. The highest BCUT2D eigenvalue weighted by molar-refractivity contribution is 7.18. The van der Waals surface area contributed by atoms with E-state index >= 15 is 0 Å². The van der Waals surface area contributed by atoms with Gasteiger partial charge in [-0.2, -0.15) is 0 Å². The molecular weight excluding hydrogens is 384 g/mol. The van der Waals surface area contributed by atoms with Crippen LogP contribution in [-0.4, -0.2) is 60.2 Å². The van der Waals surface area contributed by atoms with Gasteiger partial charge in [0.05, 0.1) is 34.0 Å². The van der Waals surface area contributed by atoms with Crippen molar-refractivity contribution in [3.8, 4) is 0 Å². The Hall–Kier alpha value is -2.51. The van der Waals surface area contributed by atoms with Gasteiger partial charge in [0.2, 0.25) is 0 Å². The zero-order chi connectivity index (χ0) is 19.6. The molecule has 3 aromatic rings. The van der Waals surface area contributed by atoms with Crippen molar-refractivity contribution in [2.24, 2.45) is 0 Å². The third-order valence-electron chi connectivity index (χ3n) is 5.77. The van der Waals surface area contributed by atoms with Gasteiger partial charge in [-0.05, 0) is 37.1 Å². The highest BCUT2D eigenvalue weighted by atomic mass is 32.1. The summed E-state index contributed by atoms with van der Waals surface area (Å²) in [4.78, 5) is 26.7. The number of pyridine rings is 1. The Balaban J connectivity index is 1.29. The van der Waals surface area contributed by atoms with Crippen LogP contribution in [-0.2, 0) is 4.74 Å². The molecule has 2 aliphatic rings. The van der Waals surface area contributed by atoms with Gasteiger partial charge in [0.1, 0.15) is 5.82 Å². The van der Waals surface area contributed by atoms with Gasteiger partial charge in [-0.3, -0.25) is 4.79 Å². The second-order valence-electron chi connectivity index (χ2n) is 7.56. The Bertz CT molecular complexity index is 974. The number of hydrogen-bond donors (Lipinski definition) is 0. The maximum absolute atomic E-state index is 13.3. The van der Waals surface area contributed by atoms with E-state index in [-0.39, 0.29) is 5.91 Å². The number of piperidine rings is 1. The third-order valence-corrected chi connectivity index (χ3v) is 6.97. The molecule has 2 aliphatic heterocycles. The predicted octanol–water partition coefficient (Wildman–Crippen LogP) is 3.55. The summed E-state index contributed by atoms with van der Waals surface area (Å²) < 4.78 is 6.69. The number of ether oxygens (including phenoxy) is 1. The van der Waals surface area contributed by atoms with E-state index in [4.69, 9.17) is 9.72 Å². The molecule has 1 aromatic carbocycles.